The molecule has 0 radical (unpaired) electrons. The summed E-state index contributed by atoms with van der Waals surface area (Å²) in [5, 5.41) is 3.54. The van der Waals surface area contributed by atoms with E-state index < -0.39 is 26.9 Å². The van der Waals surface area contributed by atoms with Gasteiger partial charge in [0.15, 0.2) is 0 Å². The Balaban J connectivity index is 1.65. The van der Waals surface area contributed by atoms with Crippen molar-refractivity contribution in [3.63, 3.8) is 0 Å². The van der Waals surface area contributed by atoms with Crippen LogP contribution in [-0.2, 0) is 17.1 Å². The Hall–Kier alpha value is -4.05. The molecule has 2 heterocycles. The summed E-state index contributed by atoms with van der Waals surface area (Å²) in [6, 6.07) is 14.0. The highest BCUT2D eigenvalue weighted by Crippen LogP contribution is 2.32. The number of hydrogen-bond acceptors (Lipinski definition) is 4. The van der Waals surface area contributed by atoms with Crippen molar-refractivity contribution < 1.29 is 17.2 Å². The number of benzene rings is 3. The standard InChI is InChI=1S/C26H23F2N5O2S/c1-16(2)36(34,35)31-21-8-18(23-6-5-20(27)11-24(23)28)9-22(12-21)33-15-29-25-10-17(4-7-26(25)33)19-13-30-32(3)14-19/h4-16,31H,1-3H3. The fourth-order valence-corrected chi connectivity index (χ4v) is 4.62. The number of hydrogen-bond donors (Lipinski definition) is 1. The van der Waals surface area contributed by atoms with Gasteiger partial charge in [0, 0.05) is 36.1 Å². The molecule has 0 spiro atoms. The highest BCUT2D eigenvalue weighted by Gasteiger charge is 2.18. The Morgan fingerprint density at radius 1 is 0.944 bits per heavy atom. The van der Waals surface area contributed by atoms with E-state index in [9.17, 15) is 17.2 Å². The van der Waals surface area contributed by atoms with Gasteiger partial charge in [-0.3, -0.25) is 14.0 Å². The Labute approximate surface area is 207 Å². The number of aryl methyl sites for hydroxylation is 1. The molecule has 0 atom stereocenters. The van der Waals surface area contributed by atoms with Crippen LogP contribution >= 0.6 is 0 Å². The summed E-state index contributed by atoms with van der Waals surface area (Å²) in [5.41, 5.74) is 4.76. The van der Waals surface area contributed by atoms with Gasteiger partial charge in [0.1, 0.15) is 18.0 Å². The van der Waals surface area contributed by atoms with E-state index in [1.54, 1.807) is 47.8 Å². The summed E-state index contributed by atoms with van der Waals surface area (Å²) in [5.74, 6) is -1.44. The average molecular weight is 508 g/mol. The average Bonchev–Trinajstić information content (AvgIpc) is 3.44. The van der Waals surface area contributed by atoms with Crippen LogP contribution in [0.1, 0.15) is 13.8 Å². The molecule has 0 aliphatic rings. The van der Waals surface area contributed by atoms with Crippen molar-refractivity contribution in [2.45, 2.75) is 19.1 Å². The molecule has 5 aromatic rings. The molecule has 3 aromatic carbocycles. The number of sulfonamides is 1. The predicted molar refractivity (Wildman–Crippen MR) is 136 cm³/mol. The van der Waals surface area contributed by atoms with E-state index in [0.29, 0.717) is 11.3 Å². The van der Waals surface area contributed by atoms with Crippen molar-refractivity contribution in [2.75, 3.05) is 4.72 Å². The van der Waals surface area contributed by atoms with E-state index in [1.165, 1.54) is 12.1 Å². The minimum atomic E-state index is -3.67. The molecule has 0 aliphatic heterocycles. The largest absolute Gasteiger partial charge is 0.299 e. The molecule has 36 heavy (non-hydrogen) atoms. The third-order valence-corrected chi connectivity index (χ3v) is 7.67. The van der Waals surface area contributed by atoms with Crippen LogP contribution in [0.25, 0.3) is 39.0 Å². The molecule has 1 N–H and O–H groups in total. The highest BCUT2D eigenvalue weighted by molar-refractivity contribution is 7.93. The van der Waals surface area contributed by atoms with Gasteiger partial charge in [0.25, 0.3) is 0 Å². The number of halogens is 2. The van der Waals surface area contributed by atoms with Crippen molar-refractivity contribution in [1.29, 1.82) is 0 Å². The lowest BCUT2D eigenvalue weighted by Gasteiger charge is -2.15. The molecule has 184 valence electrons. The summed E-state index contributed by atoms with van der Waals surface area (Å²) >= 11 is 0. The third kappa shape index (κ3) is 4.47. The maximum Gasteiger partial charge on any atom is 0.235 e. The molecule has 5 rings (SSSR count). The van der Waals surface area contributed by atoms with Crippen molar-refractivity contribution in [3.05, 3.63) is 85.0 Å². The minimum Gasteiger partial charge on any atom is -0.299 e. The number of nitrogens with zero attached hydrogens (tertiary/aromatic N) is 4. The first-order valence-electron chi connectivity index (χ1n) is 11.2. The first-order valence-corrected chi connectivity index (χ1v) is 12.7. The van der Waals surface area contributed by atoms with E-state index in [1.807, 2.05) is 31.4 Å². The van der Waals surface area contributed by atoms with Gasteiger partial charge in [-0.25, -0.2) is 22.2 Å². The highest BCUT2D eigenvalue weighted by atomic mass is 32.2. The van der Waals surface area contributed by atoms with E-state index >= 15 is 0 Å². The summed E-state index contributed by atoms with van der Waals surface area (Å²) in [7, 11) is -1.82. The van der Waals surface area contributed by atoms with Gasteiger partial charge >= 0.3 is 0 Å². The number of fused-ring (bicyclic) bond motifs is 1. The molecule has 0 amide bonds. The summed E-state index contributed by atoms with van der Waals surface area (Å²) in [4.78, 5) is 4.53. The minimum absolute atomic E-state index is 0.145. The molecule has 0 unspecified atom stereocenters. The number of nitrogens with one attached hydrogen (secondary N) is 1. The molecular formula is C26H23F2N5O2S. The van der Waals surface area contributed by atoms with Crippen molar-refractivity contribution in [3.8, 4) is 27.9 Å². The second-order valence-electron chi connectivity index (χ2n) is 8.81. The maximum atomic E-state index is 14.7. The molecule has 2 aromatic heterocycles. The fraction of sp³-hybridized carbons (Fsp3) is 0.154. The molecule has 0 fully saturated rings. The van der Waals surface area contributed by atoms with Crippen LogP contribution in [0, 0.1) is 11.6 Å². The Morgan fingerprint density at radius 3 is 2.44 bits per heavy atom. The second kappa shape index (κ2) is 8.87. The Kier molecular flexibility index (Phi) is 5.83. The van der Waals surface area contributed by atoms with Crippen LogP contribution in [0.15, 0.2) is 73.3 Å². The smallest absolute Gasteiger partial charge is 0.235 e. The van der Waals surface area contributed by atoms with Crippen LogP contribution in [0.4, 0.5) is 14.5 Å². The van der Waals surface area contributed by atoms with Crippen molar-refractivity contribution in [2.24, 2.45) is 7.05 Å². The number of anilines is 1. The van der Waals surface area contributed by atoms with E-state index in [4.69, 9.17) is 0 Å². The van der Waals surface area contributed by atoms with Crippen LogP contribution < -0.4 is 4.72 Å². The van der Waals surface area contributed by atoms with Gasteiger partial charge in [0.2, 0.25) is 10.0 Å². The first kappa shape index (κ1) is 23.7. The van der Waals surface area contributed by atoms with Gasteiger partial charge in [-0.1, -0.05) is 6.07 Å². The molecule has 7 nitrogen and oxygen atoms in total. The van der Waals surface area contributed by atoms with Gasteiger partial charge in [0.05, 0.1) is 28.2 Å². The SMILES string of the molecule is CC(C)S(=O)(=O)Nc1cc(-c2ccc(F)cc2F)cc(-n2cnc3cc(-c4cnn(C)c4)ccc32)c1. The third-order valence-electron chi connectivity index (χ3n) is 5.90. The van der Waals surface area contributed by atoms with Crippen LogP contribution in [-0.4, -0.2) is 33.0 Å². The van der Waals surface area contributed by atoms with Crippen molar-refractivity contribution >= 4 is 26.7 Å². The maximum absolute atomic E-state index is 14.7. The molecular weight excluding hydrogens is 484 g/mol. The molecule has 0 bridgehead atoms. The first-order chi connectivity index (χ1) is 17.1. The monoisotopic (exact) mass is 507 g/mol. The fourth-order valence-electron chi connectivity index (χ4n) is 3.94. The Bertz CT molecular complexity index is 1710. The zero-order valence-corrected chi connectivity index (χ0v) is 20.6. The van der Waals surface area contributed by atoms with Crippen molar-refractivity contribution in [1.82, 2.24) is 19.3 Å². The number of rotatable bonds is 6. The van der Waals surface area contributed by atoms with E-state index in [2.05, 4.69) is 14.8 Å². The molecule has 0 saturated carbocycles. The summed E-state index contributed by atoms with van der Waals surface area (Å²) < 4.78 is 59.5. The second-order valence-corrected chi connectivity index (χ2v) is 11.0. The predicted octanol–water partition coefficient (Wildman–Crippen LogP) is 5.52. The van der Waals surface area contributed by atoms with E-state index in [0.717, 1.165) is 34.3 Å². The van der Waals surface area contributed by atoms with Gasteiger partial charge in [-0.15, -0.1) is 0 Å². The Morgan fingerprint density at radius 2 is 1.75 bits per heavy atom. The van der Waals surface area contributed by atoms with Gasteiger partial charge < -0.3 is 0 Å². The van der Waals surface area contributed by atoms with Gasteiger partial charge in [-0.05, 0) is 67.4 Å². The van der Waals surface area contributed by atoms with Crippen LogP contribution in [0.2, 0.25) is 0 Å². The lowest BCUT2D eigenvalue weighted by atomic mass is 10.0. The molecule has 0 saturated heterocycles. The summed E-state index contributed by atoms with van der Waals surface area (Å²) in [6.45, 7) is 3.13. The van der Waals surface area contributed by atoms with Crippen LogP contribution in [0.5, 0.6) is 0 Å². The van der Waals surface area contributed by atoms with Crippen LogP contribution in [0.3, 0.4) is 0 Å². The molecule has 0 aliphatic carbocycles. The number of aromatic nitrogens is 4. The topological polar surface area (TPSA) is 81.8 Å². The lowest BCUT2D eigenvalue weighted by molar-refractivity contribution is 0.585. The zero-order valence-electron chi connectivity index (χ0n) is 19.8. The van der Waals surface area contributed by atoms with Gasteiger partial charge in [-0.2, -0.15) is 5.10 Å². The van der Waals surface area contributed by atoms with E-state index in [-0.39, 0.29) is 11.3 Å². The lowest BCUT2D eigenvalue weighted by Crippen LogP contribution is -2.22. The zero-order chi connectivity index (χ0) is 25.6. The molecule has 10 heteroatoms. The summed E-state index contributed by atoms with van der Waals surface area (Å²) in [6.07, 6.45) is 5.30. The quantitative estimate of drug-likeness (QED) is 0.328. The normalized spacial score (nSPS) is 11.9. The number of imidazole rings is 1.